The quantitative estimate of drug-likeness (QED) is 0.622. The number of carbonyl (C=O) groups excluding carboxylic acids is 1. The molecule has 2 unspecified atom stereocenters. The van der Waals surface area contributed by atoms with Crippen LogP contribution in [0, 0.1) is 11.8 Å². The predicted octanol–water partition coefficient (Wildman–Crippen LogP) is 2.60. The summed E-state index contributed by atoms with van der Waals surface area (Å²) in [6, 6.07) is 0. The van der Waals surface area contributed by atoms with E-state index in [1.165, 1.54) is 12.8 Å². The molecule has 0 aromatic heterocycles. The zero-order valence-electron chi connectivity index (χ0n) is 8.05. The Kier molecular flexibility index (Phi) is 2.14. The maximum atomic E-state index is 11.4. The SMILES string of the molecule is CC1=C(O)C2CCCCC2CC1=O. The molecule has 0 radical (unpaired) electrons. The van der Waals surface area contributed by atoms with Gasteiger partial charge in [-0.15, -0.1) is 0 Å². The maximum Gasteiger partial charge on any atom is 0.162 e. The van der Waals surface area contributed by atoms with Crippen molar-refractivity contribution in [1.29, 1.82) is 0 Å². The van der Waals surface area contributed by atoms with Crippen molar-refractivity contribution >= 4 is 5.78 Å². The number of aliphatic hydroxyl groups excluding tert-OH is 1. The Hall–Kier alpha value is -0.790. The van der Waals surface area contributed by atoms with Crippen molar-refractivity contribution in [2.75, 3.05) is 0 Å². The molecule has 0 aromatic rings. The van der Waals surface area contributed by atoms with Gasteiger partial charge in [0.2, 0.25) is 0 Å². The summed E-state index contributed by atoms with van der Waals surface area (Å²) in [6.45, 7) is 1.75. The Morgan fingerprint density at radius 3 is 2.77 bits per heavy atom. The van der Waals surface area contributed by atoms with Crippen molar-refractivity contribution in [3.63, 3.8) is 0 Å². The van der Waals surface area contributed by atoms with Crippen molar-refractivity contribution in [3.8, 4) is 0 Å². The standard InChI is InChI=1S/C11H16O2/c1-7-10(12)6-8-4-2-3-5-9(8)11(7)13/h8-9,13H,2-6H2,1H3. The molecule has 0 heterocycles. The molecule has 0 bridgehead atoms. The number of aliphatic hydroxyl groups is 1. The average Bonchev–Trinajstić information content (AvgIpc) is 2.15. The zero-order valence-corrected chi connectivity index (χ0v) is 8.05. The van der Waals surface area contributed by atoms with Gasteiger partial charge in [-0.1, -0.05) is 12.8 Å². The van der Waals surface area contributed by atoms with Crippen LogP contribution in [-0.4, -0.2) is 10.9 Å². The predicted molar refractivity (Wildman–Crippen MR) is 50.4 cm³/mol. The molecule has 2 heteroatoms. The average molecular weight is 180 g/mol. The monoisotopic (exact) mass is 180 g/mol. The molecule has 1 fully saturated rings. The van der Waals surface area contributed by atoms with Crippen molar-refractivity contribution in [2.24, 2.45) is 11.8 Å². The van der Waals surface area contributed by atoms with Gasteiger partial charge < -0.3 is 5.11 Å². The van der Waals surface area contributed by atoms with Crippen LogP contribution in [-0.2, 0) is 4.79 Å². The van der Waals surface area contributed by atoms with Crippen LogP contribution in [0.4, 0.5) is 0 Å². The Balaban J connectivity index is 2.28. The van der Waals surface area contributed by atoms with E-state index < -0.39 is 0 Å². The fraction of sp³-hybridized carbons (Fsp3) is 0.727. The molecule has 1 saturated carbocycles. The van der Waals surface area contributed by atoms with E-state index in [0.717, 1.165) is 12.8 Å². The lowest BCUT2D eigenvalue weighted by molar-refractivity contribution is -0.118. The van der Waals surface area contributed by atoms with Gasteiger partial charge in [0, 0.05) is 17.9 Å². The minimum absolute atomic E-state index is 0.153. The Labute approximate surface area is 78.6 Å². The van der Waals surface area contributed by atoms with E-state index in [1.54, 1.807) is 6.92 Å². The van der Waals surface area contributed by atoms with Crippen LogP contribution in [0.1, 0.15) is 39.0 Å². The molecule has 2 aliphatic carbocycles. The molecular formula is C11H16O2. The molecular weight excluding hydrogens is 164 g/mol. The van der Waals surface area contributed by atoms with Gasteiger partial charge >= 0.3 is 0 Å². The summed E-state index contributed by atoms with van der Waals surface area (Å²) in [6.07, 6.45) is 5.28. The minimum atomic E-state index is 0.153. The summed E-state index contributed by atoms with van der Waals surface area (Å²) in [5.41, 5.74) is 0.614. The van der Waals surface area contributed by atoms with E-state index in [1.807, 2.05) is 0 Å². The number of Topliss-reactive ketones (excluding diaryl/α,β-unsaturated/α-hetero) is 1. The lowest BCUT2D eigenvalue weighted by atomic mass is 9.71. The van der Waals surface area contributed by atoms with E-state index in [2.05, 4.69) is 0 Å². The lowest BCUT2D eigenvalue weighted by Crippen LogP contribution is -2.30. The third-order valence-electron chi connectivity index (χ3n) is 3.51. The fourth-order valence-electron chi connectivity index (χ4n) is 2.62. The highest BCUT2D eigenvalue weighted by atomic mass is 16.3. The van der Waals surface area contributed by atoms with Gasteiger partial charge in [-0.05, 0) is 25.7 Å². The largest absolute Gasteiger partial charge is 0.512 e. The van der Waals surface area contributed by atoms with Crippen LogP contribution >= 0.6 is 0 Å². The van der Waals surface area contributed by atoms with Crippen molar-refractivity contribution in [2.45, 2.75) is 39.0 Å². The Morgan fingerprint density at radius 1 is 1.31 bits per heavy atom. The highest BCUT2D eigenvalue weighted by Crippen LogP contribution is 2.40. The molecule has 2 nitrogen and oxygen atoms in total. The highest BCUT2D eigenvalue weighted by Gasteiger charge is 2.35. The van der Waals surface area contributed by atoms with E-state index in [-0.39, 0.29) is 5.78 Å². The highest BCUT2D eigenvalue weighted by molar-refractivity contribution is 5.96. The molecule has 72 valence electrons. The first-order valence-corrected chi connectivity index (χ1v) is 5.13. The summed E-state index contributed by atoms with van der Waals surface area (Å²) in [4.78, 5) is 11.4. The Bertz CT molecular complexity index is 265. The zero-order chi connectivity index (χ0) is 9.42. The molecule has 2 rings (SSSR count). The first kappa shape index (κ1) is 8.79. The second-order valence-corrected chi connectivity index (χ2v) is 4.29. The molecule has 0 saturated heterocycles. The first-order valence-electron chi connectivity index (χ1n) is 5.13. The third kappa shape index (κ3) is 1.38. The van der Waals surface area contributed by atoms with Gasteiger partial charge in [0.05, 0.1) is 0 Å². The summed E-state index contributed by atoms with van der Waals surface area (Å²) in [5.74, 6) is 1.28. The van der Waals surface area contributed by atoms with E-state index in [0.29, 0.717) is 29.6 Å². The Morgan fingerprint density at radius 2 is 2.00 bits per heavy atom. The van der Waals surface area contributed by atoms with E-state index in [9.17, 15) is 9.90 Å². The molecule has 0 amide bonds. The van der Waals surface area contributed by atoms with Gasteiger partial charge in [0.15, 0.2) is 5.78 Å². The third-order valence-corrected chi connectivity index (χ3v) is 3.51. The minimum Gasteiger partial charge on any atom is -0.512 e. The van der Waals surface area contributed by atoms with Crippen molar-refractivity contribution in [3.05, 3.63) is 11.3 Å². The van der Waals surface area contributed by atoms with Gasteiger partial charge in [0.1, 0.15) is 5.76 Å². The number of hydrogen-bond donors (Lipinski definition) is 1. The number of allylic oxidation sites excluding steroid dienone is 2. The molecule has 0 aromatic carbocycles. The van der Waals surface area contributed by atoms with Crippen LogP contribution in [0.5, 0.6) is 0 Å². The van der Waals surface area contributed by atoms with Gasteiger partial charge in [-0.3, -0.25) is 4.79 Å². The van der Waals surface area contributed by atoms with Crippen LogP contribution in [0.3, 0.4) is 0 Å². The van der Waals surface area contributed by atoms with Gasteiger partial charge in [-0.2, -0.15) is 0 Å². The molecule has 0 spiro atoms. The topological polar surface area (TPSA) is 37.3 Å². The number of hydrogen-bond acceptors (Lipinski definition) is 2. The maximum absolute atomic E-state index is 11.4. The van der Waals surface area contributed by atoms with Gasteiger partial charge in [0.25, 0.3) is 0 Å². The summed E-state index contributed by atoms with van der Waals surface area (Å²) in [7, 11) is 0. The smallest absolute Gasteiger partial charge is 0.162 e. The van der Waals surface area contributed by atoms with Crippen LogP contribution in [0.25, 0.3) is 0 Å². The first-order chi connectivity index (χ1) is 6.20. The normalized spacial score (nSPS) is 34.7. The molecule has 2 atom stereocenters. The fourth-order valence-corrected chi connectivity index (χ4v) is 2.62. The van der Waals surface area contributed by atoms with Gasteiger partial charge in [-0.25, -0.2) is 0 Å². The number of fused-ring (bicyclic) bond motifs is 1. The van der Waals surface area contributed by atoms with E-state index >= 15 is 0 Å². The molecule has 1 N–H and O–H groups in total. The number of carbonyl (C=O) groups is 1. The second-order valence-electron chi connectivity index (χ2n) is 4.29. The molecule has 2 aliphatic rings. The van der Waals surface area contributed by atoms with Crippen LogP contribution in [0.2, 0.25) is 0 Å². The van der Waals surface area contributed by atoms with Crippen molar-refractivity contribution < 1.29 is 9.90 Å². The lowest BCUT2D eigenvalue weighted by Gasteiger charge is -2.34. The summed E-state index contributed by atoms with van der Waals surface area (Å²) < 4.78 is 0. The van der Waals surface area contributed by atoms with Crippen molar-refractivity contribution in [1.82, 2.24) is 0 Å². The molecule has 0 aliphatic heterocycles. The van der Waals surface area contributed by atoms with Crippen LogP contribution < -0.4 is 0 Å². The summed E-state index contributed by atoms with van der Waals surface area (Å²) in [5, 5.41) is 9.80. The number of rotatable bonds is 0. The molecule has 13 heavy (non-hydrogen) atoms. The van der Waals surface area contributed by atoms with E-state index in [4.69, 9.17) is 0 Å². The second kappa shape index (κ2) is 3.17. The summed E-state index contributed by atoms with van der Waals surface area (Å²) >= 11 is 0. The number of ketones is 1. The van der Waals surface area contributed by atoms with Crippen LogP contribution in [0.15, 0.2) is 11.3 Å².